The van der Waals surface area contributed by atoms with E-state index in [1.54, 1.807) is 6.08 Å². The second-order valence-corrected chi connectivity index (χ2v) is 8.76. The fraction of sp³-hybridized carbons (Fsp3) is 0.167. The Hall–Kier alpha value is -2.87. The molecule has 5 nitrogen and oxygen atoms in total. The third-order valence-corrected chi connectivity index (χ3v) is 5.89. The first kappa shape index (κ1) is 20.4. The van der Waals surface area contributed by atoms with Gasteiger partial charge in [0.15, 0.2) is 0 Å². The Morgan fingerprint density at radius 1 is 1.00 bits per heavy atom. The first-order chi connectivity index (χ1) is 14.3. The molecule has 1 fully saturated rings. The Bertz CT molecular complexity index is 1190. The summed E-state index contributed by atoms with van der Waals surface area (Å²) in [6.07, 6.45) is 1.77. The third-order valence-electron chi connectivity index (χ3n) is 5.22. The first-order valence-electron chi connectivity index (χ1n) is 9.68. The van der Waals surface area contributed by atoms with Crippen molar-refractivity contribution >= 4 is 40.6 Å². The standard InChI is InChI=1S/C24H22IN3O2/c1-15-6-4-7-18(10-15)14-27-23(29)22(26-24(27)30)12-19-11-16(2)28(17(19)3)21-9-5-8-20(25)13-21/h4-13H,14H2,1-3H3,(H,26,30)/b22-12+. The van der Waals surface area contributed by atoms with E-state index < -0.39 is 0 Å². The van der Waals surface area contributed by atoms with E-state index in [4.69, 9.17) is 0 Å². The van der Waals surface area contributed by atoms with Gasteiger partial charge in [0.1, 0.15) is 5.70 Å². The fourth-order valence-electron chi connectivity index (χ4n) is 3.81. The van der Waals surface area contributed by atoms with Gasteiger partial charge in [-0.05, 0) is 84.8 Å². The van der Waals surface area contributed by atoms with Crippen LogP contribution in [0.15, 0.2) is 60.3 Å². The van der Waals surface area contributed by atoms with E-state index in [0.717, 1.165) is 37.3 Å². The molecule has 30 heavy (non-hydrogen) atoms. The average molecular weight is 511 g/mol. The molecule has 1 saturated heterocycles. The molecule has 2 heterocycles. The van der Waals surface area contributed by atoms with Gasteiger partial charge in [0.25, 0.3) is 5.91 Å². The van der Waals surface area contributed by atoms with Gasteiger partial charge in [0, 0.05) is 20.6 Å². The quantitative estimate of drug-likeness (QED) is 0.301. The highest BCUT2D eigenvalue weighted by Gasteiger charge is 2.33. The zero-order chi connectivity index (χ0) is 21.4. The van der Waals surface area contributed by atoms with Crippen molar-refractivity contribution in [2.75, 3.05) is 0 Å². The van der Waals surface area contributed by atoms with E-state index in [0.29, 0.717) is 5.70 Å². The maximum absolute atomic E-state index is 12.9. The van der Waals surface area contributed by atoms with E-state index in [1.807, 2.05) is 57.2 Å². The predicted octanol–water partition coefficient (Wildman–Crippen LogP) is 5.10. The molecule has 2 aromatic carbocycles. The summed E-state index contributed by atoms with van der Waals surface area (Å²) in [6.45, 7) is 6.30. The third kappa shape index (κ3) is 3.92. The smallest absolute Gasteiger partial charge is 0.318 e. The van der Waals surface area contributed by atoms with Crippen LogP contribution in [-0.2, 0) is 11.3 Å². The number of benzene rings is 2. The number of aryl methyl sites for hydroxylation is 2. The summed E-state index contributed by atoms with van der Waals surface area (Å²) in [5.74, 6) is -0.305. The predicted molar refractivity (Wildman–Crippen MR) is 126 cm³/mol. The van der Waals surface area contributed by atoms with Gasteiger partial charge in [-0.15, -0.1) is 0 Å². The van der Waals surface area contributed by atoms with Crippen molar-refractivity contribution in [1.82, 2.24) is 14.8 Å². The van der Waals surface area contributed by atoms with Crippen molar-refractivity contribution < 1.29 is 9.59 Å². The zero-order valence-electron chi connectivity index (χ0n) is 17.1. The van der Waals surface area contributed by atoms with Crippen LogP contribution in [0.2, 0.25) is 0 Å². The SMILES string of the molecule is Cc1cccc(CN2C(=O)N/C(=C/c3cc(C)n(-c4cccc(I)c4)c3C)C2=O)c1. The Morgan fingerprint density at radius 2 is 1.77 bits per heavy atom. The highest BCUT2D eigenvalue weighted by Crippen LogP contribution is 2.25. The molecule has 6 heteroatoms. The van der Waals surface area contributed by atoms with Crippen LogP contribution in [0.1, 0.15) is 28.1 Å². The molecule has 1 aliphatic heterocycles. The minimum absolute atomic E-state index is 0.255. The summed E-state index contributed by atoms with van der Waals surface area (Å²) in [4.78, 5) is 26.6. The summed E-state index contributed by atoms with van der Waals surface area (Å²) < 4.78 is 3.31. The Kier molecular flexibility index (Phi) is 5.51. The minimum Gasteiger partial charge on any atom is -0.318 e. The van der Waals surface area contributed by atoms with Crippen LogP contribution in [0.5, 0.6) is 0 Å². The van der Waals surface area contributed by atoms with E-state index in [2.05, 4.69) is 50.7 Å². The summed E-state index contributed by atoms with van der Waals surface area (Å²) in [5, 5.41) is 2.73. The second-order valence-electron chi connectivity index (χ2n) is 7.51. The van der Waals surface area contributed by atoms with Crippen molar-refractivity contribution in [2.24, 2.45) is 0 Å². The van der Waals surface area contributed by atoms with E-state index in [1.165, 1.54) is 4.90 Å². The first-order valence-corrected chi connectivity index (χ1v) is 10.8. The molecule has 4 rings (SSSR count). The molecule has 1 aromatic heterocycles. The molecule has 3 amide bonds. The van der Waals surface area contributed by atoms with E-state index >= 15 is 0 Å². The number of hydrogen-bond donors (Lipinski definition) is 1. The monoisotopic (exact) mass is 511 g/mol. The highest BCUT2D eigenvalue weighted by atomic mass is 127. The number of aromatic nitrogens is 1. The lowest BCUT2D eigenvalue weighted by Gasteiger charge is -2.12. The molecular weight excluding hydrogens is 489 g/mol. The number of halogens is 1. The molecule has 1 aliphatic rings. The van der Waals surface area contributed by atoms with Crippen molar-refractivity contribution in [1.29, 1.82) is 0 Å². The van der Waals surface area contributed by atoms with Crippen molar-refractivity contribution in [3.63, 3.8) is 0 Å². The van der Waals surface area contributed by atoms with Crippen LogP contribution in [0.4, 0.5) is 4.79 Å². The number of rotatable bonds is 4. The molecule has 0 atom stereocenters. The summed E-state index contributed by atoms with van der Waals surface area (Å²) >= 11 is 2.30. The number of carbonyl (C=O) groups excluding carboxylic acids is 2. The molecule has 0 saturated carbocycles. The zero-order valence-corrected chi connectivity index (χ0v) is 19.2. The molecule has 3 aromatic rings. The van der Waals surface area contributed by atoms with Crippen LogP contribution in [-0.4, -0.2) is 21.4 Å². The van der Waals surface area contributed by atoms with Crippen molar-refractivity contribution in [2.45, 2.75) is 27.3 Å². The number of carbonyl (C=O) groups is 2. The van der Waals surface area contributed by atoms with Gasteiger partial charge in [-0.25, -0.2) is 4.79 Å². The molecule has 0 bridgehead atoms. The van der Waals surface area contributed by atoms with E-state index in [9.17, 15) is 9.59 Å². The Labute approximate surface area is 189 Å². The van der Waals surface area contributed by atoms with Gasteiger partial charge >= 0.3 is 6.03 Å². The molecule has 0 radical (unpaired) electrons. The summed E-state index contributed by atoms with van der Waals surface area (Å²) in [6, 6.07) is 17.7. The van der Waals surface area contributed by atoms with Crippen molar-refractivity contribution in [3.8, 4) is 5.69 Å². The summed E-state index contributed by atoms with van der Waals surface area (Å²) in [5.41, 5.74) is 6.39. The van der Waals surface area contributed by atoms with Gasteiger partial charge in [-0.1, -0.05) is 35.9 Å². The number of imide groups is 1. The number of amides is 3. The largest absolute Gasteiger partial charge is 0.329 e. The maximum atomic E-state index is 12.9. The number of nitrogens with zero attached hydrogens (tertiary/aromatic N) is 2. The molecule has 0 spiro atoms. The van der Waals surface area contributed by atoms with Gasteiger partial charge in [0.2, 0.25) is 0 Å². The lowest BCUT2D eigenvalue weighted by Crippen LogP contribution is -2.30. The van der Waals surface area contributed by atoms with Crippen LogP contribution < -0.4 is 5.32 Å². The summed E-state index contributed by atoms with van der Waals surface area (Å²) in [7, 11) is 0. The topological polar surface area (TPSA) is 54.3 Å². The van der Waals surface area contributed by atoms with Crippen LogP contribution in [0, 0.1) is 24.3 Å². The van der Waals surface area contributed by atoms with Crippen LogP contribution in [0.25, 0.3) is 11.8 Å². The normalized spacial score (nSPS) is 15.2. The van der Waals surface area contributed by atoms with Crippen LogP contribution in [0.3, 0.4) is 0 Å². The molecule has 0 aliphatic carbocycles. The van der Waals surface area contributed by atoms with E-state index in [-0.39, 0.29) is 18.5 Å². The molecule has 152 valence electrons. The second kappa shape index (κ2) is 8.10. The Balaban J connectivity index is 1.63. The lowest BCUT2D eigenvalue weighted by molar-refractivity contribution is -0.123. The Morgan fingerprint density at radius 3 is 2.50 bits per heavy atom. The highest BCUT2D eigenvalue weighted by molar-refractivity contribution is 14.1. The number of urea groups is 1. The molecule has 0 unspecified atom stereocenters. The minimum atomic E-state index is -0.390. The van der Waals surface area contributed by atoms with Crippen molar-refractivity contribution in [3.05, 3.63) is 91.9 Å². The van der Waals surface area contributed by atoms with Gasteiger partial charge < -0.3 is 9.88 Å². The molecular formula is C24H22IN3O2. The number of nitrogens with one attached hydrogen (secondary N) is 1. The van der Waals surface area contributed by atoms with Gasteiger partial charge in [0.05, 0.1) is 6.54 Å². The number of hydrogen-bond acceptors (Lipinski definition) is 2. The maximum Gasteiger partial charge on any atom is 0.329 e. The molecule has 1 N–H and O–H groups in total. The average Bonchev–Trinajstić information content (AvgIpc) is 3.11. The van der Waals surface area contributed by atoms with Crippen LogP contribution >= 0.6 is 22.6 Å². The lowest BCUT2D eigenvalue weighted by atomic mass is 10.1. The van der Waals surface area contributed by atoms with Gasteiger partial charge in [-0.2, -0.15) is 0 Å². The van der Waals surface area contributed by atoms with Gasteiger partial charge in [-0.3, -0.25) is 9.69 Å². The fourth-order valence-corrected chi connectivity index (χ4v) is 4.34.